The number of rotatable bonds is 5. The third kappa shape index (κ3) is 4.23. The smallest absolute Gasteiger partial charge is 0.193 e. The van der Waals surface area contributed by atoms with Crippen LogP contribution >= 0.6 is 0 Å². The Labute approximate surface area is 146 Å². The fourth-order valence-electron chi connectivity index (χ4n) is 2.49. The van der Waals surface area contributed by atoms with Crippen molar-refractivity contribution in [2.75, 3.05) is 5.32 Å². The molecule has 0 bridgehead atoms. The van der Waals surface area contributed by atoms with Gasteiger partial charge in [-0.25, -0.2) is 14.4 Å². The van der Waals surface area contributed by atoms with Crippen LogP contribution in [0.15, 0.2) is 66.2 Å². The predicted octanol–water partition coefficient (Wildman–Crippen LogP) is 3.50. The van der Waals surface area contributed by atoms with E-state index in [4.69, 9.17) is 5.73 Å². The Hall–Kier alpha value is -3.15. The number of aliphatic imine (C=N–C) groups is 1. The van der Waals surface area contributed by atoms with E-state index in [0.29, 0.717) is 18.2 Å². The van der Waals surface area contributed by atoms with E-state index in [1.54, 1.807) is 29.4 Å². The maximum absolute atomic E-state index is 14.2. The van der Waals surface area contributed by atoms with Crippen LogP contribution in [-0.4, -0.2) is 15.5 Å². The second-order valence-electron chi connectivity index (χ2n) is 5.64. The number of halogens is 1. The molecular weight excluding hydrogens is 317 g/mol. The lowest BCUT2D eigenvalue weighted by Crippen LogP contribution is -2.22. The molecule has 25 heavy (non-hydrogen) atoms. The molecule has 0 fully saturated rings. The summed E-state index contributed by atoms with van der Waals surface area (Å²) in [6, 6.07) is 13.0. The van der Waals surface area contributed by atoms with Gasteiger partial charge in [0, 0.05) is 18.1 Å². The minimum absolute atomic E-state index is 0.298. The molecular formula is C19H20FN5. The number of nitrogens with one attached hydrogen (secondary N) is 1. The molecule has 3 rings (SSSR count). The quantitative estimate of drug-likeness (QED) is 0.553. The summed E-state index contributed by atoms with van der Waals surface area (Å²) < 4.78 is 15.8. The lowest BCUT2D eigenvalue weighted by molar-refractivity contribution is 0.616. The van der Waals surface area contributed by atoms with E-state index in [9.17, 15) is 4.39 Å². The first-order valence-electron chi connectivity index (χ1n) is 8.08. The SMILES string of the molecule is CCc1cccc(NC(N)=NCc2ccc(-n3ccnc3)c(F)c2)c1. The first-order valence-corrected chi connectivity index (χ1v) is 8.08. The molecule has 0 aliphatic heterocycles. The largest absolute Gasteiger partial charge is 0.370 e. The highest BCUT2D eigenvalue weighted by atomic mass is 19.1. The van der Waals surface area contributed by atoms with E-state index < -0.39 is 0 Å². The van der Waals surface area contributed by atoms with Crippen LogP contribution in [0, 0.1) is 5.82 Å². The summed E-state index contributed by atoms with van der Waals surface area (Å²) in [6.45, 7) is 2.39. The van der Waals surface area contributed by atoms with E-state index >= 15 is 0 Å². The van der Waals surface area contributed by atoms with Gasteiger partial charge in [-0.1, -0.05) is 25.1 Å². The van der Waals surface area contributed by atoms with Crippen molar-refractivity contribution in [2.45, 2.75) is 19.9 Å². The first kappa shape index (κ1) is 16.7. The van der Waals surface area contributed by atoms with Gasteiger partial charge >= 0.3 is 0 Å². The van der Waals surface area contributed by atoms with E-state index in [1.807, 2.05) is 24.3 Å². The van der Waals surface area contributed by atoms with Gasteiger partial charge in [-0.3, -0.25) is 0 Å². The zero-order valence-corrected chi connectivity index (χ0v) is 14.0. The van der Waals surface area contributed by atoms with E-state index in [0.717, 1.165) is 17.7 Å². The molecule has 0 spiro atoms. The van der Waals surface area contributed by atoms with Crippen LogP contribution in [-0.2, 0) is 13.0 Å². The normalized spacial score (nSPS) is 11.5. The molecule has 0 saturated heterocycles. The average Bonchev–Trinajstić information content (AvgIpc) is 3.14. The third-order valence-electron chi connectivity index (χ3n) is 3.83. The number of benzene rings is 2. The maximum atomic E-state index is 14.2. The number of hydrogen-bond acceptors (Lipinski definition) is 2. The molecule has 0 amide bonds. The summed E-state index contributed by atoms with van der Waals surface area (Å²) >= 11 is 0. The molecule has 0 saturated carbocycles. The fourth-order valence-corrected chi connectivity index (χ4v) is 2.49. The van der Waals surface area contributed by atoms with Gasteiger partial charge in [-0.05, 0) is 41.8 Å². The Kier molecular flexibility index (Phi) is 5.09. The third-order valence-corrected chi connectivity index (χ3v) is 3.83. The minimum atomic E-state index is -0.326. The van der Waals surface area contributed by atoms with Gasteiger partial charge in [0.2, 0.25) is 0 Å². The van der Waals surface area contributed by atoms with Crippen LogP contribution in [0.25, 0.3) is 5.69 Å². The van der Waals surface area contributed by atoms with Crippen LogP contribution in [0.4, 0.5) is 10.1 Å². The Bertz CT molecular complexity index is 871. The van der Waals surface area contributed by atoms with Crippen LogP contribution in [0.1, 0.15) is 18.1 Å². The van der Waals surface area contributed by atoms with Crippen molar-refractivity contribution in [3.63, 3.8) is 0 Å². The highest BCUT2D eigenvalue weighted by Gasteiger charge is 2.05. The molecule has 0 aliphatic rings. The Morgan fingerprint density at radius 1 is 1.24 bits per heavy atom. The lowest BCUT2D eigenvalue weighted by atomic mass is 10.1. The van der Waals surface area contributed by atoms with Gasteiger partial charge in [-0.2, -0.15) is 0 Å². The lowest BCUT2D eigenvalue weighted by Gasteiger charge is -2.08. The molecule has 0 atom stereocenters. The summed E-state index contributed by atoms with van der Waals surface area (Å²) in [5.74, 6) is -0.0276. The molecule has 0 aliphatic carbocycles. The molecule has 128 valence electrons. The van der Waals surface area contributed by atoms with Crippen molar-refractivity contribution in [2.24, 2.45) is 10.7 Å². The monoisotopic (exact) mass is 337 g/mol. The molecule has 5 nitrogen and oxygen atoms in total. The van der Waals surface area contributed by atoms with Gasteiger partial charge in [0.1, 0.15) is 5.82 Å². The average molecular weight is 337 g/mol. The van der Waals surface area contributed by atoms with Crippen LogP contribution in [0.3, 0.4) is 0 Å². The molecule has 3 N–H and O–H groups in total. The van der Waals surface area contributed by atoms with Crippen molar-refractivity contribution in [3.8, 4) is 5.69 Å². The van der Waals surface area contributed by atoms with Gasteiger partial charge in [0.15, 0.2) is 5.96 Å². The number of nitrogens with two attached hydrogens (primary N) is 1. The van der Waals surface area contributed by atoms with Gasteiger partial charge in [0.05, 0.1) is 18.6 Å². The van der Waals surface area contributed by atoms with E-state index in [1.165, 1.54) is 11.6 Å². The standard InChI is InChI=1S/C19H20FN5/c1-2-14-4-3-5-16(10-14)24-19(21)23-12-15-6-7-18(17(20)11-15)25-9-8-22-13-25/h3-11,13H,2,12H2,1H3,(H3,21,23,24). The maximum Gasteiger partial charge on any atom is 0.193 e. The molecule has 6 heteroatoms. The summed E-state index contributed by atoms with van der Waals surface area (Å²) in [7, 11) is 0. The number of hydrogen-bond donors (Lipinski definition) is 2. The van der Waals surface area contributed by atoms with Crippen LogP contribution in [0.2, 0.25) is 0 Å². The number of anilines is 1. The van der Waals surface area contributed by atoms with Gasteiger partial charge in [0.25, 0.3) is 0 Å². The molecule has 0 unspecified atom stereocenters. The molecule has 1 aromatic heterocycles. The van der Waals surface area contributed by atoms with Crippen molar-refractivity contribution in [1.29, 1.82) is 0 Å². The van der Waals surface area contributed by atoms with Gasteiger partial charge < -0.3 is 15.6 Å². The second kappa shape index (κ2) is 7.61. The van der Waals surface area contributed by atoms with Crippen LogP contribution in [0.5, 0.6) is 0 Å². The Morgan fingerprint density at radius 3 is 2.84 bits per heavy atom. The van der Waals surface area contributed by atoms with E-state index in [2.05, 4.69) is 28.3 Å². The summed E-state index contributed by atoms with van der Waals surface area (Å²) in [5.41, 5.74) is 9.23. The van der Waals surface area contributed by atoms with Crippen molar-refractivity contribution >= 4 is 11.6 Å². The molecule has 0 radical (unpaired) electrons. The van der Waals surface area contributed by atoms with Crippen LogP contribution < -0.4 is 11.1 Å². The number of nitrogens with zero attached hydrogens (tertiary/aromatic N) is 3. The fraction of sp³-hybridized carbons (Fsp3) is 0.158. The summed E-state index contributed by atoms with van der Waals surface area (Å²) in [6.07, 6.45) is 5.82. The van der Waals surface area contributed by atoms with E-state index in [-0.39, 0.29) is 5.82 Å². The topological polar surface area (TPSA) is 68.2 Å². The van der Waals surface area contributed by atoms with Crippen molar-refractivity contribution in [1.82, 2.24) is 9.55 Å². The molecule has 2 aromatic carbocycles. The van der Waals surface area contributed by atoms with Crippen molar-refractivity contribution in [3.05, 3.63) is 78.1 Å². The first-order chi connectivity index (χ1) is 12.2. The summed E-state index contributed by atoms with van der Waals surface area (Å²) in [4.78, 5) is 8.20. The second-order valence-corrected chi connectivity index (χ2v) is 5.64. The van der Waals surface area contributed by atoms with Gasteiger partial charge in [-0.15, -0.1) is 0 Å². The zero-order chi connectivity index (χ0) is 17.6. The Morgan fingerprint density at radius 2 is 2.12 bits per heavy atom. The highest BCUT2D eigenvalue weighted by molar-refractivity contribution is 5.92. The predicted molar refractivity (Wildman–Crippen MR) is 98.3 cm³/mol. The molecule has 3 aromatic rings. The Balaban J connectivity index is 1.67. The number of aryl methyl sites for hydroxylation is 1. The number of imidazole rings is 1. The zero-order valence-electron chi connectivity index (χ0n) is 14.0. The molecule has 1 heterocycles. The minimum Gasteiger partial charge on any atom is -0.370 e. The number of guanidine groups is 1. The summed E-state index contributed by atoms with van der Waals surface area (Å²) in [5, 5.41) is 3.06. The highest BCUT2D eigenvalue weighted by Crippen LogP contribution is 2.16. The number of aromatic nitrogens is 2. The van der Waals surface area contributed by atoms with Crippen molar-refractivity contribution < 1.29 is 4.39 Å².